The van der Waals surface area contributed by atoms with Gasteiger partial charge in [0.15, 0.2) is 6.29 Å². The van der Waals surface area contributed by atoms with Gasteiger partial charge in [-0.25, -0.2) is 0 Å². The number of rotatable bonds is 5. The molecule has 2 fully saturated rings. The third kappa shape index (κ3) is 3.23. The molecule has 9 atom stereocenters. The highest BCUT2D eigenvalue weighted by Gasteiger charge is 2.58. The van der Waals surface area contributed by atoms with Gasteiger partial charge in [0.25, 0.3) is 0 Å². The summed E-state index contributed by atoms with van der Waals surface area (Å²) in [7, 11) is 0. The maximum atomic E-state index is 10.00. The summed E-state index contributed by atoms with van der Waals surface area (Å²) in [5, 5.41) is 76.9. The third-order valence-corrected chi connectivity index (χ3v) is 4.08. The molecule has 0 aromatic rings. The maximum Gasteiger partial charge on any atom is 0.222 e. The van der Waals surface area contributed by atoms with Gasteiger partial charge >= 0.3 is 0 Å². The van der Waals surface area contributed by atoms with Crippen molar-refractivity contribution < 1.29 is 55.1 Å². The zero-order valence-corrected chi connectivity index (χ0v) is 12.0. The quantitative estimate of drug-likeness (QED) is 0.238. The van der Waals surface area contributed by atoms with Crippen LogP contribution >= 0.6 is 0 Å². The van der Waals surface area contributed by atoms with E-state index in [2.05, 4.69) is 0 Å². The van der Waals surface area contributed by atoms with Gasteiger partial charge in [-0.1, -0.05) is 0 Å². The van der Waals surface area contributed by atoms with Gasteiger partial charge in [-0.15, -0.1) is 0 Å². The van der Waals surface area contributed by atoms with Crippen LogP contribution in [0.5, 0.6) is 0 Å². The van der Waals surface area contributed by atoms with E-state index in [1.165, 1.54) is 0 Å². The van der Waals surface area contributed by atoms with Gasteiger partial charge in [0.05, 0.1) is 13.2 Å². The fourth-order valence-electron chi connectivity index (χ4n) is 2.70. The average Bonchev–Trinajstić information content (AvgIpc) is 2.80. The first-order valence-corrected chi connectivity index (χ1v) is 7.05. The zero-order valence-electron chi connectivity index (χ0n) is 12.0. The van der Waals surface area contributed by atoms with Crippen LogP contribution in [0, 0.1) is 0 Å². The zero-order chi connectivity index (χ0) is 17.4. The average molecular weight is 342 g/mol. The van der Waals surface area contributed by atoms with Crippen LogP contribution in [0.1, 0.15) is 0 Å². The lowest BCUT2D eigenvalue weighted by molar-refractivity contribution is -0.366. The van der Waals surface area contributed by atoms with E-state index in [9.17, 15) is 30.6 Å². The predicted octanol–water partition coefficient (Wildman–Crippen LogP) is -5.40. The molecule has 2 saturated heterocycles. The van der Waals surface area contributed by atoms with Crippen LogP contribution in [0.15, 0.2) is 0 Å². The van der Waals surface area contributed by atoms with E-state index in [-0.39, 0.29) is 0 Å². The molecule has 0 saturated carbocycles. The molecule has 0 spiro atoms. The summed E-state index contributed by atoms with van der Waals surface area (Å²) in [5.41, 5.74) is 0. The highest BCUT2D eigenvalue weighted by Crippen LogP contribution is 2.36. The summed E-state index contributed by atoms with van der Waals surface area (Å²) in [6, 6.07) is 0. The second-order valence-electron chi connectivity index (χ2n) is 5.56. The second-order valence-corrected chi connectivity index (χ2v) is 5.56. The van der Waals surface area contributed by atoms with Crippen LogP contribution in [-0.2, 0) is 14.2 Å². The standard InChI is InChI=1S/C12H22O11/c13-1-4-6(16)8(18)9(11(20)21-4)23-12(3-15)10(19)7(17)5(2-14)22-12/h4-11,13-20H,1-3H2/t4-,5-,6-,7-,8+,9-,10+,11?,12?/m1/s1. The summed E-state index contributed by atoms with van der Waals surface area (Å²) in [4.78, 5) is 0. The van der Waals surface area contributed by atoms with Crippen LogP contribution in [0.3, 0.4) is 0 Å². The molecule has 136 valence electrons. The summed E-state index contributed by atoms with van der Waals surface area (Å²) in [5.74, 6) is -2.24. The van der Waals surface area contributed by atoms with Crippen molar-refractivity contribution in [3.63, 3.8) is 0 Å². The fraction of sp³-hybridized carbons (Fsp3) is 1.00. The van der Waals surface area contributed by atoms with Gasteiger partial charge in [-0.3, -0.25) is 0 Å². The lowest BCUT2D eigenvalue weighted by Gasteiger charge is -2.43. The van der Waals surface area contributed by atoms with E-state index in [1.807, 2.05) is 0 Å². The minimum atomic E-state index is -2.24. The Morgan fingerprint density at radius 1 is 0.826 bits per heavy atom. The van der Waals surface area contributed by atoms with Crippen LogP contribution in [-0.4, -0.2) is 115 Å². The van der Waals surface area contributed by atoms with Crippen molar-refractivity contribution in [2.45, 2.75) is 54.8 Å². The molecule has 0 aliphatic carbocycles. The van der Waals surface area contributed by atoms with Gasteiger partial charge in [0.2, 0.25) is 5.79 Å². The minimum Gasteiger partial charge on any atom is -0.394 e. The SMILES string of the molecule is OC[C@H]1OC(CO)(O[C@H]2C(O)O[C@H](CO)[C@@H](O)[C@@H]2O)[C@@H](O)[C@@H]1O. The highest BCUT2D eigenvalue weighted by atomic mass is 16.8. The summed E-state index contributed by atoms with van der Waals surface area (Å²) in [6.45, 7) is -2.32. The van der Waals surface area contributed by atoms with Crippen LogP contribution < -0.4 is 0 Å². The number of ether oxygens (including phenoxy) is 3. The smallest absolute Gasteiger partial charge is 0.222 e. The Morgan fingerprint density at radius 2 is 1.43 bits per heavy atom. The normalized spacial score (nSPS) is 51.1. The Balaban J connectivity index is 2.18. The van der Waals surface area contributed by atoms with Crippen LogP contribution in [0.2, 0.25) is 0 Å². The molecule has 0 aromatic heterocycles. The molecule has 0 amide bonds. The van der Waals surface area contributed by atoms with E-state index in [1.54, 1.807) is 0 Å². The van der Waals surface area contributed by atoms with Crippen LogP contribution in [0.25, 0.3) is 0 Å². The molecule has 2 rings (SSSR count). The van der Waals surface area contributed by atoms with E-state index in [0.29, 0.717) is 0 Å². The van der Waals surface area contributed by atoms with Gasteiger partial charge in [0, 0.05) is 0 Å². The molecule has 2 heterocycles. The monoisotopic (exact) mass is 342 g/mol. The Hall–Kier alpha value is -0.440. The molecule has 0 radical (unpaired) electrons. The first-order valence-electron chi connectivity index (χ1n) is 7.05. The Morgan fingerprint density at radius 3 is 1.91 bits per heavy atom. The van der Waals surface area contributed by atoms with Gasteiger partial charge in [0.1, 0.15) is 49.3 Å². The topological polar surface area (TPSA) is 190 Å². The molecular weight excluding hydrogens is 320 g/mol. The van der Waals surface area contributed by atoms with Crippen molar-refractivity contribution >= 4 is 0 Å². The first-order chi connectivity index (χ1) is 10.8. The van der Waals surface area contributed by atoms with Gasteiger partial charge in [-0.05, 0) is 0 Å². The van der Waals surface area contributed by atoms with Crippen molar-refractivity contribution in [2.24, 2.45) is 0 Å². The fourth-order valence-corrected chi connectivity index (χ4v) is 2.70. The minimum absolute atomic E-state index is 0.669. The molecule has 11 nitrogen and oxygen atoms in total. The third-order valence-electron chi connectivity index (χ3n) is 4.08. The van der Waals surface area contributed by atoms with E-state index in [4.69, 9.17) is 24.4 Å². The number of aliphatic hydroxyl groups excluding tert-OH is 8. The van der Waals surface area contributed by atoms with E-state index < -0.39 is 74.6 Å². The largest absolute Gasteiger partial charge is 0.394 e. The second kappa shape index (κ2) is 7.21. The van der Waals surface area contributed by atoms with E-state index in [0.717, 1.165) is 0 Å². The van der Waals surface area contributed by atoms with Crippen molar-refractivity contribution in [1.82, 2.24) is 0 Å². The predicted molar refractivity (Wildman–Crippen MR) is 68.6 cm³/mol. The summed E-state index contributed by atoms with van der Waals surface area (Å²) >= 11 is 0. The summed E-state index contributed by atoms with van der Waals surface area (Å²) in [6.07, 6.45) is -12.7. The van der Waals surface area contributed by atoms with Crippen LogP contribution in [0.4, 0.5) is 0 Å². The van der Waals surface area contributed by atoms with Gasteiger partial charge in [-0.2, -0.15) is 0 Å². The number of hydrogen-bond donors (Lipinski definition) is 8. The Bertz CT molecular complexity index is 395. The number of aliphatic hydroxyl groups is 8. The first kappa shape index (κ1) is 18.9. The molecule has 2 unspecified atom stereocenters. The molecular formula is C12H22O11. The highest BCUT2D eigenvalue weighted by molar-refractivity contribution is 4.99. The number of hydrogen-bond acceptors (Lipinski definition) is 11. The maximum absolute atomic E-state index is 10.00. The molecule has 11 heteroatoms. The van der Waals surface area contributed by atoms with E-state index >= 15 is 0 Å². The lowest BCUT2D eigenvalue weighted by atomic mass is 9.98. The molecule has 2 aliphatic rings. The van der Waals surface area contributed by atoms with Crippen molar-refractivity contribution in [3.05, 3.63) is 0 Å². The Kier molecular flexibility index (Phi) is 5.92. The Labute approximate surface area is 130 Å². The lowest BCUT2D eigenvalue weighted by Crippen LogP contribution is -2.63. The van der Waals surface area contributed by atoms with Gasteiger partial charge < -0.3 is 55.1 Å². The van der Waals surface area contributed by atoms with Crippen molar-refractivity contribution in [2.75, 3.05) is 19.8 Å². The summed E-state index contributed by atoms with van der Waals surface area (Å²) < 4.78 is 15.2. The van der Waals surface area contributed by atoms with Crippen molar-refractivity contribution in [1.29, 1.82) is 0 Å². The molecule has 0 bridgehead atoms. The molecule has 0 aromatic carbocycles. The van der Waals surface area contributed by atoms with Crippen molar-refractivity contribution in [3.8, 4) is 0 Å². The molecule has 2 aliphatic heterocycles. The molecule has 23 heavy (non-hydrogen) atoms. The molecule has 8 N–H and O–H groups in total.